The van der Waals surface area contributed by atoms with E-state index in [9.17, 15) is 8.42 Å². The van der Waals surface area contributed by atoms with Crippen molar-refractivity contribution in [1.29, 1.82) is 5.26 Å². The number of sulfone groups is 1. The van der Waals surface area contributed by atoms with Crippen molar-refractivity contribution >= 4 is 26.2 Å². The van der Waals surface area contributed by atoms with Gasteiger partial charge in [-0.3, -0.25) is 0 Å². The first-order valence-corrected chi connectivity index (χ1v) is 6.14. The molecule has 2 rings (SSSR count). The first kappa shape index (κ1) is 9.24. The fraction of sp³-hybridized carbons (Fsp3) is 0.125. The topological polar surface area (TPSA) is 70.0 Å². The molecule has 0 unspecified atom stereocenters. The zero-order valence-electron chi connectivity index (χ0n) is 7.23. The van der Waals surface area contributed by atoms with Gasteiger partial charge in [0.1, 0.15) is 16.0 Å². The van der Waals surface area contributed by atoms with Crippen molar-refractivity contribution < 1.29 is 8.42 Å². The Labute approximate surface area is 85.4 Å². The molecule has 72 valence electrons. The van der Waals surface area contributed by atoms with Crippen LogP contribution in [0.2, 0.25) is 0 Å². The zero-order chi connectivity index (χ0) is 10.3. The largest absolute Gasteiger partial charge is 0.348 e. The van der Waals surface area contributed by atoms with Gasteiger partial charge in [-0.2, -0.15) is 5.26 Å². The molecule has 14 heavy (non-hydrogen) atoms. The molecule has 0 aliphatic carbocycles. The molecule has 2 heterocycles. The van der Waals surface area contributed by atoms with E-state index in [1.807, 2.05) is 0 Å². The molecule has 1 aliphatic heterocycles. The highest BCUT2D eigenvalue weighted by Gasteiger charge is 2.31. The molecule has 6 heteroatoms. The lowest BCUT2D eigenvalue weighted by molar-refractivity contribution is 0.603. The van der Waals surface area contributed by atoms with Crippen LogP contribution in [-0.4, -0.2) is 8.42 Å². The van der Waals surface area contributed by atoms with Crippen molar-refractivity contribution in [2.75, 3.05) is 5.32 Å². The van der Waals surface area contributed by atoms with Crippen LogP contribution >= 0.6 is 11.3 Å². The number of nitriles is 1. The highest BCUT2D eigenvalue weighted by atomic mass is 32.2. The first-order valence-electron chi connectivity index (χ1n) is 3.78. The van der Waals surface area contributed by atoms with E-state index in [4.69, 9.17) is 5.26 Å². The molecule has 0 amide bonds. The van der Waals surface area contributed by atoms with E-state index in [0.717, 1.165) is 0 Å². The summed E-state index contributed by atoms with van der Waals surface area (Å²) < 4.78 is 23.6. The second-order valence-corrected chi connectivity index (χ2v) is 5.58. The highest BCUT2D eigenvalue weighted by molar-refractivity contribution is 7.96. The Morgan fingerprint density at radius 3 is 2.93 bits per heavy atom. The summed E-state index contributed by atoms with van der Waals surface area (Å²) in [5, 5.41) is 13.9. The summed E-state index contributed by atoms with van der Waals surface area (Å²) in [6, 6.07) is 3.21. The molecular formula is C8H6N2O2S2. The van der Waals surface area contributed by atoms with Crippen molar-refractivity contribution in [2.45, 2.75) is 11.8 Å². The molecule has 0 saturated carbocycles. The number of thiophene rings is 1. The Kier molecular flexibility index (Phi) is 1.87. The third-order valence-corrected chi connectivity index (χ3v) is 4.74. The Bertz CT molecular complexity index is 560. The van der Waals surface area contributed by atoms with Crippen LogP contribution in [0.15, 0.2) is 26.9 Å². The molecule has 0 atom stereocenters. The van der Waals surface area contributed by atoms with E-state index in [1.165, 1.54) is 17.4 Å². The van der Waals surface area contributed by atoms with Crippen molar-refractivity contribution in [3.05, 3.63) is 22.0 Å². The minimum atomic E-state index is -3.57. The predicted octanol–water partition coefficient (Wildman–Crippen LogP) is 1.70. The van der Waals surface area contributed by atoms with Crippen molar-refractivity contribution in [3.8, 4) is 6.07 Å². The lowest BCUT2D eigenvalue weighted by Gasteiger charge is -2.15. The standard InChI is InChI=1S/C8H6N2O2S2/c1-5-7(4-9)14(11,12)6-2-3-13-8(6)10-5/h2-3,10H,1H3. The summed E-state index contributed by atoms with van der Waals surface area (Å²) in [6.07, 6.45) is 0. The van der Waals surface area contributed by atoms with Crippen molar-refractivity contribution in [2.24, 2.45) is 0 Å². The fourth-order valence-electron chi connectivity index (χ4n) is 1.28. The van der Waals surface area contributed by atoms with E-state index < -0.39 is 9.84 Å². The quantitative estimate of drug-likeness (QED) is 0.731. The average Bonchev–Trinajstić information content (AvgIpc) is 2.52. The van der Waals surface area contributed by atoms with Gasteiger partial charge in [0.15, 0.2) is 4.91 Å². The number of anilines is 1. The van der Waals surface area contributed by atoms with E-state index >= 15 is 0 Å². The molecule has 1 aromatic rings. The Morgan fingerprint density at radius 2 is 2.29 bits per heavy atom. The number of fused-ring (bicyclic) bond motifs is 1. The summed E-state index contributed by atoms with van der Waals surface area (Å²) in [4.78, 5) is 0.00745. The van der Waals surface area contributed by atoms with E-state index in [0.29, 0.717) is 10.7 Å². The predicted molar refractivity (Wildman–Crippen MR) is 53.4 cm³/mol. The molecule has 0 bridgehead atoms. The maximum atomic E-state index is 11.8. The summed E-state index contributed by atoms with van der Waals surface area (Å²) >= 11 is 1.31. The third-order valence-electron chi connectivity index (χ3n) is 1.93. The fourth-order valence-corrected chi connectivity index (χ4v) is 3.92. The van der Waals surface area contributed by atoms with Crippen LogP contribution in [0.25, 0.3) is 0 Å². The molecule has 0 saturated heterocycles. The molecule has 0 radical (unpaired) electrons. The lowest BCUT2D eigenvalue weighted by atomic mass is 10.4. The second kappa shape index (κ2) is 2.83. The third kappa shape index (κ3) is 1.06. The van der Waals surface area contributed by atoms with Gasteiger partial charge in [-0.15, -0.1) is 11.3 Å². The van der Waals surface area contributed by atoms with Gasteiger partial charge in [-0.05, 0) is 18.4 Å². The molecule has 0 fully saturated rings. The Balaban J connectivity index is 2.78. The molecule has 4 nitrogen and oxygen atoms in total. The van der Waals surface area contributed by atoms with Crippen LogP contribution in [0.3, 0.4) is 0 Å². The minimum Gasteiger partial charge on any atom is -0.348 e. The number of rotatable bonds is 0. The number of hydrogen-bond donors (Lipinski definition) is 1. The van der Waals surface area contributed by atoms with Gasteiger partial charge in [0, 0.05) is 5.70 Å². The Hall–Kier alpha value is -1.32. The van der Waals surface area contributed by atoms with Crippen LogP contribution in [0.1, 0.15) is 6.92 Å². The summed E-state index contributed by atoms with van der Waals surface area (Å²) in [7, 11) is -3.57. The summed E-state index contributed by atoms with van der Waals surface area (Å²) in [5.74, 6) is 0. The number of nitrogens with zero attached hydrogens (tertiary/aromatic N) is 1. The maximum absolute atomic E-state index is 11.8. The van der Waals surface area contributed by atoms with Gasteiger partial charge < -0.3 is 5.32 Å². The normalized spacial score (nSPS) is 18.3. The molecule has 0 aromatic carbocycles. The smallest absolute Gasteiger partial charge is 0.221 e. The number of nitrogens with one attached hydrogen (secondary N) is 1. The van der Waals surface area contributed by atoms with E-state index in [-0.39, 0.29) is 9.80 Å². The maximum Gasteiger partial charge on any atom is 0.221 e. The lowest BCUT2D eigenvalue weighted by Crippen LogP contribution is -2.15. The van der Waals surface area contributed by atoms with Crippen LogP contribution in [0.4, 0.5) is 5.00 Å². The van der Waals surface area contributed by atoms with Crippen LogP contribution in [-0.2, 0) is 9.84 Å². The zero-order valence-corrected chi connectivity index (χ0v) is 8.87. The van der Waals surface area contributed by atoms with Gasteiger partial charge in [-0.25, -0.2) is 8.42 Å². The van der Waals surface area contributed by atoms with E-state index in [2.05, 4.69) is 5.32 Å². The summed E-state index contributed by atoms with van der Waals surface area (Å²) in [6.45, 7) is 1.58. The van der Waals surface area contributed by atoms with Crippen LogP contribution < -0.4 is 5.32 Å². The molecule has 1 aliphatic rings. The van der Waals surface area contributed by atoms with E-state index in [1.54, 1.807) is 18.4 Å². The molecule has 1 N–H and O–H groups in total. The van der Waals surface area contributed by atoms with Gasteiger partial charge >= 0.3 is 0 Å². The first-order chi connectivity index (χ1) is 6.57. The minimum absolute atomic E-state index is 0.191. The molecule has 0 spiro atoms. The summed E-state index contributed by atoms with van der Waals surface area (Å²) in [5.41, 5.74) is 0.391. The monoisotopic (exact) mass is 226 g/mol. The van der Waals surface area contributed by atoms with Gasteiger partial charge in [0.05, 0.1) is 0 Å². The molecular weight excluding hydrogens is 220 g/mol. The van der Waals surface area contributed by atoms with Crippen molar-refractivity contribution in [1.82, 2.24) is 0 Å². The van der Waals surface area contributed by atoms with Crippen LogP contribution in [0.5, 0.6) is 0 Å². The highest BCUT2D eigenvalue weighted by Crippen LogP contribution is 2.37. The van der Waals surface area contributed by atoms with Gasteiger partial charge in [-0.1, -0.05) is 0 Å². The Morgan fingerprint density at radius 1 is 1.57 bits per heavy atom. The van der Waals surface area contributed by atoms with Gasteiger partial charge in [0.25, 0.3) is 0 Å². The second-order valence-electron chi connectivity index (χ2n) is 2.81. The van der Waals surface area contributed by atoms with Crippen LogP contribution in [0, 0.1) is 11.3 Å². The molecule has 1 aromatic heterocycles. The van der Waals surface area contributed by atoms with Crippen molar-refractivity contribution in [3.63, 3.8) is 0 Å². The number of hydrogen-bond acceptors (Lipinski definition) is 5. The SMILES string of the molecule is CC1=C(C#N)S(=O)(=O)c2ccsc2N1. The average molecular weight is 226 g/mol. The number of allylic oxidation sites excluding steroid dienone is 2. The van der Waals surface area contributed by atoms with Gasteiger partial charge in [0.2, 0.25) is 9.84 Å².